The molecule has 0 radical (unpaired) electrons. The number of hydrogen-bond acceptors (Lipinski definition) is 4. The van der Waals surface area contributed by atoms with Crippen molar-refractivity contribution >= 4 is 17.2 Å². The number of hydrogen-bond donors (Lipinski definition) is 1. The van der Waals surface area contributed by atoms with Crippen molar-refractivity contribution in [3.63, 3.8) is 0 Å². The van der Waals surface area contributed by atoms with Crippen LogP contribution >= 0.6 is 11.3 Å². The van der Waals surface area contributed by atoms with E-state index in [1.807, 2.05) is 19.1 Å². The summed E-state index contributed by atoms with van der Waals surface area (Å²) in [7, 11) is 0. The van der Waals surface area contributed by atoms with Gasteiger partial charge in [-0.05, 0) is 63.0 Å². The Hall–Kier alpha value is -1.75. The molecular formula is C19H23N3OS. The number of nitrogens with one attached hydrogen (secondary N) is 1. The maximum absolute atomic E-state index is 12.7. The van der Waals surface area contributed by atoms with Crippen LogP contribution in [0.1, 0.15) is 48.0 Å². The van der Waals surface area contributed by atoms with Gasteiger partial charge in [-0.2, -0.15) is 0 Å². The molecule has 4 rings (SSSR count). The molecule has 2 bridgehead atoms. The van der Waals surface area contributed by atoms with Crippen LogP contribution in [0.2, 0.25) is 0 Å². The number of amides is 1. The molecule has 24 heavy (non-hydrogen) atoms. The van der Waals surface area contributed by atoms with E-state index in [4.69, 9.17) is 0 Å². The zero-order valence-corrected chi connectivity index (χ0v) is 15.0. The highest BCUT2D eigenvalue weighted by Gasteiger charge is 2.42. The molecule has 126 valence electrons. The predicted molar refractivity (Wildman–Crippen MR) is 95.9 cm³/mol. The molecule has 0 aliphatic heterocycles. The number of carbonyl (C=O) groups excluding carboxylic acids is 1. The Kier molecular flexibility index (Phi) is 4.12. The quantitative estimate of drug-likeness (QED) is 0.912. The van der Waals surface area contributed by atoms with Gasteiger partial charge in [0.05, 0.1) is 5.69 Å². The molecule has 0 unspecified atom stereocenters. The normalized spacial score (nSPS) is 26.5. The Morgan fingerprint density at radius 3 is 2.92 bits per heavy atom. The van der Waals surface area contributed by atoms with Gasteiger partial charge < -0.3 is 5.32 Å². The van der Waals surface area contributed by atoms with Crippen molar-refractivity contribution in [2.45, 2.75) is 45.6 Å². The van der Waals surface area contributed by atoms with Gasteiger partial charge in [0.1, 0.15) is 9.88 Å². The third kappa shape index (κ3) is 2.86. The van der Waals surface area contributed by atoms with E-state index in [-0.39, 0.29) is 11.9 Å². The van der Waals surface area contributed by atoms with Crippen LogP contribution in [-0.2, 0) is 0 Å². The van der Waals surface area contributed by atoms with Crippen molar-refractivity contribution < 1.29 is 4.79 Å². The second-order valence-corrected chi connectivity index (χ2v) is 8.28. The fourth-order valence-electron chi connectivity index (χ4n) is 4.51. The van der Waals surface area contributed by atoms with Gasteiger partial charge in [0.25, 0.3) is 5.91 Å². The number of pyridine rings is 1. The summed E-state index contributed by atoms with van der Waals surface area (Å²) >= 11 is 1.46. The third-order valence-corrected chi connectivity index (χ3v) is 6.91. The Bertz CT molecular complexity index is 742. The van der Waals surface area contributed by atoms with E-state index in [0.717, 1.165) is 33.0 Å². The summed E-state index contributed by atoms with van der Waals surface area (Å²) in [6.45, 7) is 4.08. The molecule has 2 aromatic rings. The van der Waals surface area contributed by atoms with Crippen molar-refractivity contribution in [1.29, 1.82) is 0 Å². The Morgan fingerprint density at radius 2 is 2.25 bits per heavy atom. The summed E-state index contributed by atoms with van der Waals surface area (Å²) in [5.41, 5.74) is 1.77. The van der Waals surface area contributed by atoms with E-state index >= 15 is 0 Å². The standard InChI is InChI=1S/C19H23N3OS/c1-11(16-9-13-5-6-14(16)8-13)21-18(23)17-12(2)22-19(24-17)15-4-3-7-20-10-15/h3-4,7,10-11,13-14,16H,5-6,8-9H2,1-2H3,(H,21,23)/t11-,13-,14-,16-/m0/s1. The summed E-state index contributed by atoms with van der Waals surface area (Å²) in [5.74, 6) is 2.40. The highest BCUT2D eigenvalue weighted by molar-refractivity contribution is 7.17. The highest BCUT2D eigenvalue weighted by atomic mass is 32.1. The molecule has 0 spiro atoms. The minimum atomic E-state index is 0.0235. The summed E-state index contributed by atoms with van der Waals surface area (Å²) in [4.78, 5) is 22.1. The topological polar surface area (TPSA) is 54.9 Å². The average molecular weight is 341 g/mol. The molecule has 2 aliphatic rings. The smallest absolute Gasteiger partial charge is 0.263 e. The monoisotopic (exact) mass is 341 g/mol. The van der Waals surface area contributed by atoms with E-state index in [2.05, 4.69) is 22.2 Å². The molecule has 2 aromatic heterocycles. The predicted octanol–water partition coefficient (Wildman–Crippen LogP) is 4.07. The SMILES string of the molecule is Cc1nc(-c2cccnc2)sc1C(=O)N[C@@H](C)[C@@H]1C[C@H]2CC[C@H]1C2. The molecule has 2 fully saturated rings. The van der Waals surface area contributed by atoms with Crippen LogP contribution in [0, 0.1) is 24.7 Å². The molecule has 2 aliphatic carbocycles. The minimum Gasteiger partial charge on any atom is -0.349 e. The van der Waals surface area contributed by atoms with E-state index < -0.39 is 0 Å². The summed E-state index contributed by atoms with van der Waals surface area (Å²) in [6.07, 6.45) is 8.93. The molecular weight excluding hydrogens is 318 g/mol. The van der Waals surface area contributed by atoms with Gasteiger partial charge in [0, 0.05) is 24.0 Å². The molecule has 4 nitrogen and oxygen atoms in total. The Balaban J connectivity index is 1.47. The first-order chi connectivity index (χ1) is 11.6. The van der Waals surface area contributed by atoms with E-state index in [1.54, 1.807) is 12.4 Å². The fraction of sp³-hybridized carbons (Fsp3) is 0.526. The maximum atomic E-state index is 12.7. The van der Waals surface area contributed by atoms with Crippen molar-refractivity contribution in [2.24, 2.45) is 17.8 Å². The first-order valence-electron chi connectivity index (χ1n) is 8.80. The lowest BCUT2D eigenvalue weighted by molar-refractivity contribution is 0.0918. The lowest BCUT2D eigenvalue weighted by atomic mass is 9.84. The minimum absolute atomic E-state index is 0.0235. The molecule has 0 aromatic carbocycles. The third-order valence-electron chi connectivity index (χ3n) is 5.71. The van der Waals surface area contributed by atoms with Crippen LogP contribution in [0.4, 0.5) is 0 Å². The van der Waals surface area contributed by atoms with Crippen molar-refractivity contribution in [1.82, 2.24) is 15.3 Å². The van der Waals surface area contributed by atoms with Gasteiger partial charge in [-0.3, -0.25) is 9.78 Å². The van der Waals surface area contributed by atoms with Crippen molar-refractivity contribution in [3.05, 3.63) is 35.1 Å². The summed E-state index contributed by atoms with van der Waals surface area (Å²) in [5, 5.41) is 4.10. The van der Waals surface area contributed by atoms with Crippen LogP contribution < -0.4 is 5.32 Å². The number of rotatable bonds is 4. The zero-order chi connectivity index (χ0) is 16.7. The van der Waals surface area contributed by atoms with E-state index in [1.165, 1.54) is 37.0 Å². The molecule has 0 saturated heterocycles. The van der Waals surface area contributed by atoms with Crippen molar-refractivity contribution in [3.8, 4) is 10.6 Å². The second kappa shape index (κ2) is 6.28. The van der Waals surface area contributed by atoms with Gasteiger partial charge in [-0.15, -0.1) is 11.3 Å². The number of nitrogens with zero attached hydrogens (tertiary/aromatic N) is 2. The van der Waals surface area contributed by atoms with Crippen LogP contribution in [0.5, 0.6) is 0 Å². The summed E-state index contributed by atoms with van der Waals surface area (Å²) < 4.78 is 0. The molecule has 5 heteroatoms. The fourth-order valence-corrected chi connectivity index (χ4v) is 5.46. The molecule has 2 heterocycles. The van der Waals surface area contributed by atoms with Gasteiger partial charge in [-0.25, -0.2) is 4.98 Å². The Labute approximate surface area is 146 Å². The van der Waals surface area contributed by atoms with Crippen LogP contribution in [-0.4, -0.2) is 21.9 Å². The van der Waals surface area contributed by atoms with Gasteiger partial charge in [-0.1, -0.05) is 6.42 Å². The number of fused-ring (bicyclic) bond motifs is 2. The largest absolute Gasteiger partial charge is 0.349 e. The number of aryl methyl sites for hydroxylation is 1. The number of thiazole rings is 1. The molecule has 2 saturated carbocycles. The van der Waals surface area contributed by atoms with Crippen LogP contribution in [0.25, 0.3) is 10.6 Å². The van der Waals surface area contributed by atoms with Crippen molar-refractivity contribution in [2.75, 3.05) is 0 Å². The van der Waals surface area contributed by atoms with Gasteiger partial charge in [0.15, 0.2) is 0 Å². The lowest BCUT2D eigenvalue weighted by Crippen LogP contribution is -2.40. The lowest BCUT2D eigenvalue weighted by Gasteiger charge is -2.28. The average Bonchev–Trinajstić information content (AvgIpc) is 3.30. The maximum Gasteiger partial charge on any atom is 0.263 e. The van der Waals surface area contributed by atoms with Crippen LogP contribution in [0.15, 0.2) is 24.5 Å². The van der Waals surface area contributed by atoms with E-state index in [9.17, 15) is 4.79 Å². The molecule has 1 N–H and O–H groups in total. The zero-order valence-electron chi connectivity index (χ0n) is 14.2. The van der Waals surface area contributed by atoms with Crippen LogP contribution in [0.3, 0.4) is 0 Å². The van der Waals surface area contributed by atoms with E-state index in [0.29, 0.717) is 5.92 Å². The molecule has 4 atom stereocenters. The number of aromatic nitrogens is 2. The first-order valence-corrected chi connectivity index (χ1v) is 9.62. The highest BCUT2D eigenvalue weighted by Crippen LogP contribution is 2.49. The first kappa shape index (κ1) is 15.8. The number of carbonyl (C=O) groups is 1. The van der Waals surface area contributed by atoms with Gasteiger partial charge >= 0.3 is 0 Å². The Morgan fingerprint density at radius 1 is 1.38 bits per heavy atom. The molecule has 1 amide bonds. The van der Waals surface area contributed by atoms with Gasteiger partial charge in [0.2, 0.25) is 0 Å². The summed E-state index contributed by atoms with van der Waals surface area (Å²) in [6, 6.07) is 4.12. The second-order valence-electron chi connectivity index (χ2n) is 7.28.